The van der Waals surface area contributed by atoms with Gasteiger partial charge in [-0.3, -0.25) is 9.59 Å². The summed E-state index contributed by atoms with van der Waals surface area (Å²) in [7, 11) is 0. The molecule has 0 saturated heterocycles. The van der Waals surface area contributed by atoms with Crippen LogP contribution in [0.1, 0.15) is 27.2 Å². The lowest BCUT2D eigenvalue weighted by Crippen LogP contribution is -2.30. The SMILES string of the molecule is CC(C)COCCC(=O)Oc1ccc(O[C@@H](C)C(N)=O)cc1. The van der Waals surface area contributed by atoms with Gasteiger partial charge in [-0.1, -0.05) is 13.8 Å². The number of carbonyl (C=O) groups excluding carboxylic acids is 2. The molecule has 0 radical (unpaired) electrons. The molecule has 0 heterocycles. The smallest absolute Gasteiger partial charge is 0.313 e. The van der Waals surface area contributed by atoms with Gasteiger partial charge in [0.15, 0.2) is 6.10 Å². The number of primary amides is 1. The van der Waals surface area contributed by atoms with Crippen molar-refractivity contribution in [2.24, 2.45) is 11.7 Å². The molecular weight excluding hydrogens is 286 g/mol. The van der Waals surface area contributed by atoms with Gasteiger partial charge in [0.25, 0.3) is 5.91 Å². The fourth-order valence-electron chi connectivity index (χ4n) is 1.51. The molecule has 1 rings (SSSR count). The summed E-state index contributed by atoms with van der Waals surface area (Å²) >= 11 is 0. The first-order chi connectivity index (χ1) is 10.4. The van der Waals surface area contributed by atoms with Crippen LogP contribution in [0.2, 0.25) is 0 Å². The van der Waals surface area contributed by atoms with Gasteiger partial charge in [-0.05, 0) is 37.1 Å². The molecule has 0 aliphatic rings. The van der Waals surface area contributed by atoms with E-state index in [0.29, 0.717) is 30.6 Å². The molecule has 1 atom stereocenters. The number of hydrogen-bond donors (Lipinski definition) is 1. The van der Waals surface area contributed by atoms with Crippen LogP contribution in [0.5, 0.6) is 11.5 Å². The van der Waals surface area contributed by atoms with Crippen molar-refractivity contribution in [2.45, 2.75) is 33.3 Å². The molecule has 6 heteroatoms. The van der Waals surface area contributed by atoms with Gasteiger partial charge >= 0.3 is 5.97 Å². The Morgan fingerprint density at radius 1 is 1.09 bits per heavy atom. The largest absolute Gasteiger partial charge is 0.481 e. The zero-order valence-electron chi connectivity index (χ0n) is 13.2. The number of nitrogens with two attached hydrogens (primary N) is 1. The molecule has 2 N–H and O–H groups in total. The van der Waals surface area contributed by atoms with Gasteiger partial charge in [0, 0.05) is 6.61 Å². The van der Waals surface area contributed by atoms with E-state index in [-0.39, 0.29) is 12.4 Å². The van der Waals surface area contributed by atoms with Crippen molar-refractivity contribution in [2.75, 3.05) is 13.2 Å². The third-order valence-electron chi connectivity index (χ3n) is 2.67. The minimum atomic E-state index is -0.716. The molecular formula is C16H23NO5. The normalized spacial score (nSPS) is 12.0. The lowest BCUT2D eigenvalue weighted by molar-refractivity contribution is -0.135. The van der Waals surface area contributed by atoms with Crippen LogP contribution in [-0.4, -0.2) is 31.2 Å². The highest BCUT2D eigenvalue weighted by molar-refractivity contribution is 5.78. The van der Waals surface area contributed by atoms with E-state index in [9.17, 15) is 9.59 Å². The molecule has 6 nitrogen and oxygen atoms in total. The van der Waals surface area contributed by atoms with Crippen molar-refractivity contribution in [3.63, 3.8) is 0 Å². The first-order valence-electron chi connectivity index (χ1n) is 7.23. The van der Waals surface area contributed by atoms with Crippen LogP contribution in [0.4, 0.5) is 0 Å². The number of rotatable bonds is 9. The van der Waals surface area contributed by atoms with E-state index in [1.165, 1.54) is 0 Å². The van der Waals surface area contributed by atoms with Crippen LogP contribution in [0, 0.1) is 5.92 Å². The van der Waals surface area contributed by atoms with Crippen molar-refractivity contribution >= 4 is 11.9 Å². The summed E-state index contributed by atoms with van der Waals surface area (Å²) in [5.41, 5.74) is 5.11. The maximum atomic E-state index is 11.6. The minimum Gasteiger partial charge on any atom is -0.481 e. The summed E-state index contributed by atoms with van der Waals surface area (Å²) < 4.78 is 15.8. The zero-order chi connectivity index (χ0) is 16.5. The van der Waals surface area contributed by atoms with Gasteiger partial charge in [0.05, 0.1) is 13.0 Å². The summed E-state index contributed by atoms with van der Waals surface area (Å²) in [5, 5.41) is 0. The molecule has 1 amide bonds. The highest BCUT2D eigenvalue weighted by Crippen LogP contribution is 2.19. The second-order valence-electron chi connectivity index (χ2n) is 5.33. The van der Waals surface area contributed by atoms with Crippen LogP contribution in [0.15, 0.2) is 24.3 Å². The monoisotopic (exact) mass is 309 g/mol. The van der Waals surface area contributed by atoms with Gasteiger partial charge in [-0.25, -0.2) is 0 Å². The lowest BCUT2D eigenvalue weighted by atomic mass is 10.2. The van der Waals surface area contributed by atoms with E-state index in [2.05, 4.69) is 0 Å². The molecule has 22 heavy (non-hydrogen) atoms. The van der Waals surface area contributed by atoms with E-state index in [1.54, 1.807) is 31.2 Å². The second-order valence-corrected chi connectivity index (χ2v) is 5.33. The molecule has 1 aromatic rings. The lowest BCUT2D eigenvalue weighted by Gasteiger charge is -2.11. The topological polar surface area (TPSA) is 87.8 Å². The summed E-state index contributed by atoms with van der Waals surface area (Å²) in [6, 6.07) is 6.40. The van der Waals surface area contributed by atoms with Crippen molar-refractivity contribution in [1.29, 1.82) is 0 Å². The van der Waals surface area contributed by atoms with Crippen LogP contribution in [0.25, 0.3) is 0 Å². The van der Waals surface area contributed by atoms with Crippen molar-refractivity contribution in [1.82, 2.24) is 0 Å². The second kappa shape index (κ2) is 9.04. The van der Waals surface area contributed by atoms with Crippen LogP contribution in [-0.2, 0) is 14.3 Å². The van der Waals surface area contributed by atoms with E-state index in [4.69, 9.17) is 19.9 Å². The third-order valence-corrected chi connectivity index (χ3v) is 2.67. The number of amides is 1. The molecule has 0 bridgehead atoms. The number of hydrogen-bond acceptors (Lipinski definition) is 5. The van der Waals surface area contributed by atoms with Crippen molar-refractivity contribution in [3.05, 3.63) is 24.3 Å². The van der Waals surface area contributed by atoms with E-state index < -0.39 is 12.0 Å². The van der Waals surface area contributed by atoms with Gasteiger partial charge in [-0.15, -0.1) is 0 Å². The van der Waals surface area contributed by atoms with Gasteiger partial charge < -0.3 is 19.9 Å². The molecule has 0 unspecified atom stereocenters. The van der Waals surface area contributed by atoms with E-state index in [1.807, 2.05) is 13.8 Å². The number of benzene rings is 1. The summed E-state index contributed by atoms with van der Waals surface area (Å²) in [6.07, 6.45) is -0.518. The van der Waals surface area contributed by atoms with Crippen LogP contribution < -0.4 is 15.2 Å². The Morgan fingerprint density at radius 2 is 1.68 bits per heavy atom. The maximum absolute atomic E-state index is 11.6. The van der Waals surface area contributed by atoms with Gasteiger partial charge in [-0.2, -0.15) is 0 Å². The Hall–Kier alpha value is -2.08. The maximum Gasteiger partial charge on any atom is 0.313 e. The fraction of sp³-hybridized carbons (Fsp3) is 0.500. The number of esters is 1. The van der Waals surface area contributed by atoms with E-state index in [0.717, 1.165) is 0 Å². The predicted molar refractivity (Wildman–Crippen MR) is 81.6 cm³/mol. The predicted octanol–water partition coefficient (Wildman–Crippen LogP) is 1.91. The molecule has 0 spiro atoms. The summed E-state index contributed by atoms with van der Waals surface area (Å²) in [4.78, 5) is 22.5. The molecule has 0 saturated carbocycles. The number of carbonyl (C=O) groups is 2. The molecule has 0 aliphatic heterocycles. The zero-order valence-corrected chi connectivity index (χ0v) is 13.2. The fourth-order valence-corrected chi connectivity index (χ4v) is 1.51. The van der Waals surface area contributed by atoms with Crippen LogP contribution in [0.3, 0.4) is 0 Å². The quantitative estimate of drug-likeness (QED) is 0.427. The Kier molecular flexibility index (Phi) is 7.39. The summed E-state index contributed by atoms with van der Waals surface area (Å²) in [6.45, 7) is 6.61. The highest BCUT2D eigenvalue weighted by atomic mass is 16.5. The molecule has 0 aromatic heterocycles. The average Bonchev–Trinajstić information content (AvgIpc) is 2.45. The standard InChI is InChI=1S/C16H23NO5/c1-11(2)10-20-9-8-15(18)22-14-6-4-13(5-7-14)21-12(3)16(17)19/h4-7,11-12H,8-10H2,1-3H3,(H2,17,19)/t12-/m0/s1. The summed E-state index contributed by atoms with van der Waals surface area (Å²) in [5.74, 6) is 0.422. The Morgan fingerprint density at radius 3 is 2.23 bits per heavy atom. The highest BCUT2D eigenvalue weighted by Gasteiger charge is 2.10. The molecule has 122 valence electrons. The van der Waals surface area contributed by atoms with Crippen LogP contribution >= 0.6 is 0 Å². The first-order valence-corrected chi connectivity index (χ1v) is 7.23. The molecule has 0 fully saturated rings. The average molecular weight is 309 g/mol. The minimum absolute atomic E-state index is 0.198. The molecule has 1 aromatic carbocycles. The Balaban J connectivity index is 2.37. The van der Waals surface area contributed by atoms with Crippen molar-refractivity contribution < 1.29 is 23.8 Å². The Labute approximate surface area is 130 Å². The van der Waals surface area contributed by atoms with Crippen molar-refractivity contribution in [3.8, 4) is 11.5 Å². The Bertz CT molecular complexity index is 484. The van der Waals surface area contributed by atoms with E-state index >= 15 is 0 Å². The first kappa shape index (κ1) is 18.0. The van der Waals surface area contributed by atoms with Gasteiger partial charge in [0.1, 0.15) is 11.5 Å². The third kappa shape index (κ3) is 7.08. The number of ether oxygens (including phenoxy) is 3. The van der Waals surface area contributed by atoms with Gasteiger partial charge in [0.2, 0.25) is 0 Å². The molecule has 0 aliphatic carbocycles.